The molecule has 0 unspecified atom stereocenters. The molecule has 0 radical (unpaired) electrons. The number of nitrogens with zero attached hydrogens (tertiary/aromatic N) is 5. The Morgan fingerprint density at radius 3 is 3.08 bits per heavy atom. The Kier molecular flexibility index (Phi) is 4.61. The smallest absolute Gasteiger partial charge is 0.414 e. The van der Waals surface area contributed by atoms with Crippen LogP contribution in [0, 0.1) is 5.82 Å². The van der Waals surface area contributed by atoms with Crippen molar-refractivity contribution < 1.29 is 13.9 Å². The van der Waals surface area contributed by atoms with Gasteiger partial charge in [-0.3, -0.25) is 4.90 Å². The minimum atomic E-state index is -0.492. The number of rotatable bonds is 4. The number of carbonyl (C=O) groups is 1. The number of benzene rings is 1. The lowest BCUT2D eigenvalue weighted by Crippen LogP contribution is -2.26. The van der Waals surface area contributed by atoms with Crippen LogP contribution in [0.3, 0.4) is 0 Å². The molecule has 0 saturated carbocycles. The van der Waals surface area contributed by atoms with E-state index in [1.165, 1.54) is 17.3 Å². The molecule has 1 saturated heterocycles. The zero-order chi connectivity index (χ0) is 17.9. The number of hydrogen-bond acceptors (Lipinski definition) is 6. The van der Waals surface area contributed by atoms with E-state index in [0.717, 1.165) is 5.75 Å². The van der Waals surface area contributed by atoms with Crippen molar-refractivity contribution in [2.24, 2.45) is 0 Å². The van der Waals surface area contributed by atoms with E-state index in [-0.39, 0.29) is 6.10 Å². The van der Waals surface area contributed by atoms with E-state index in [1.54, 1.807) is 39.8 Å². The molecule has 1 aromatic heterocycles. The summed E-state index contributed by atoms with van der Waals surface area (Å²) in [5.41, 5.74) is 0.893. The zero-order valence-corrected chi connectivity index (χ0v) is 14.6. The van der Waals surface area contributed by atoms with E-state index < -0.39 is 11.9 Å². The molecule has 3 heterocycles. The highest BCUT2D eigenvalue weighted by Gasteiger charge is 2.33. The summed E-state index contributed by atoms with van der Waals surface area (Å²) in [6.45, 7) is 0.738. The summed E-state index contributed by atoms with van der Waals surface area (Å²) in [6.07, 6.45) is 7.73. The zero-order valence-electron chi connectivity index (χ0n) is 13.7. The minimum Gasteiger partial charge on any atom is -0.442 e. The van der Waals surface area contributed by atoms with E-state index in [4.69, 9.17) is 4.74 Å². The number of cyclic esters (lactones) is 1. The van der Waals surface area contributed by atoms with Gasteiger partial charge in [0, 0.05) is 18.2 Å². The molecule has 4 rings (SSSR count). The second-order valence-electron chi connectivity index (χ2n) is 5.78. The molecule has 0 N–H and O–H groups in total. The standard InChI is InChI=1S/C17H16FN5O2S/c18-15-8-13(2-3-16(15)21-4-1-6-26-7-5-21)23-10-14(25-17(23)24)9-22-12-19-11-20-22/h1-5,7-8,11-12,14H,6,9-10H2/t14-/m0/s1. The fraction of sp³-hybridized carbons (Fsp3) is 0.235. The van der Waals surface area contributed by atoms with Crippen LogP contribution in [0.15, 0.2) is 54.7 Å². The number of halogens is 1. The second-order valence-corrected chi connectivity index (χ2v) is 6.72. The average Bonchev–Trinajstić information content (AvgIpc) is 3.17. The summed E-state index contributed by atoms with van der Waals surface area (Å²) >= 11 is 1.63. The normalized spacial score (nSPS) is 19.7. The molecule has 1 amide bonds. The highest BCUT2D eigenvalue weighted by atomic mass is 32.2. The number of carbonyl (C=O) groups excluding carboxylic acids is 1. The van der Waals surface area contributed by atoms with Crippen LogP contribution in [-0.4, -0.2) is 39.3 Å². The molecule has 26 heavy (non-hydrogen) atoms. The van der Waals surface area contributed by atoms with Crippen LogP contribution in [-0.2, 0) is 11.3 Å². The van der Waals surface area contributed by atoms with Gasteiger partial charge in [0.05, 0.1) is 24.5 Å². The van der Waals surface area contributed by atoms with Crippen LogP contribution < -0.4 is 9.80 Å². The monoisotopic (exact) mass is 373 g/mol. The van der Waals surface area contributed by atoms with Gasteiger partial charge in [0.15, 0.2) is 0 Å². The Labute approximate surface area is 153 Å². The first-order valence-electron chi connectivity index (χ1n) is 8.04. The average molecular weight is 373 g/mol. The van der Waals surface area contributed by atoms with Crippen molar-refractivity contribution in [3.05, 3.63) is 60.6 Å². The Hall–Kier alpha value is -2.81. The maximum atomic E-state index is 14.6. The molecule has 2 aliphatic rings. The Balaban J connectivity index is 1.51. The van der Waals surface area contributed by atoms with E-state index >= 15 is 0 Å². The first-order chi connectivity index (χ1) is 12.7. The van der Waals surface area contributed by atoms with E-state index in [2.05, 4.69) is 10.1 Å². The predicted molar refractivity (Wildman–Crippen MR) is 97.3 cm³/mol. The van der Waals surface area contributed by atoms with Crippen LogP contribution >= 0.6 is 11.8 Å². The van der Waals surface area contributed by atoms with Crippen molar-refractivity contribution in [3.63, 3.8) is 0 Å². The van der Waals surface area contributed by atoms with Gasteiger partial charge >= 0.3 is 6.09 Å². The number of thioether (sulfide) groups is 1. The molecule has 9 heteroatoms. The second kappa shape index (κ2) is 7.20. The number of ether oxygens (including phenoxy) is 1. The molecule has 134 valence electrons. The van der Waals surface area contributed by atoms with Gasteiger partial charge in [-0.05, 0) is 23.6 Å². The molecule has 1 atom stereocenters. The molecule has 0 spiro atoms. The van der Waals surface area contributed by atoms with Crippen molar-refractivity contribution in [3.8, 4) is 0 Å². The summed E-state index contributed by atoms with van der Waals surface area (Å²) in [4.78, 5) is 19.2. The van der Waals surface area contributed by atoms with Crippen LogP contribution in [0.5, 0.6) is 0 Å². The first-order valence-corrected chi connectivity index (χ1v) is 9.09. The summed E-state index contributed by atoms with van der Waals surface area (Å²) in [6, 6.07) is 4.73. The topological polar surface area (TPSA) is 63.5 Å². The fourth-order valence-corrected chi connectivity index (χ4v) is 3.35. The number of anilines is 2. The van der Waals surface area contributed by atoms with Crippen molar-refractivity contribution in [2.75, 3.05) is 22.1 Å². The minimum absolute atomic E-state index is 0.331. The summed E-state index contributed by atoms with van der Waals surface area (Å²) < 4.78 is 21.6. The third-order valence-corrected chi connectivity index (χ3v) is 4.73. The summed E-state index contributed by atoms with van der Waals surface area (Å²) in [5, 5.41) is 5.92. The molecule has 2 aromatic rings. The highest BCUT2D eigenvalue weighted by molar-refractivity contribution is 8.02. The van der Waals surface area contributed by atoms with Gasteiger partial charge in [-0.25, -0.2) is 18.9 Å². The highest BCUT2D eigenvalue weighted by Crippen LogP contribution is 2.29. The van der Waals surface area contributed by atoms with Crippen molar-refractivity contribution in [2.45, 2.75) is 12.6 Å². The van der Waals surface area contributed by atoms with Gasteiger partial charge < -0.3 is 9.64 Å². The molecule has 7 nitrogen and oxygen atoms in total. The maximum Gasteiger partial charge on any atom is 0.414 e. The van der Waals surface area contributed by atoms with Gasteiger partial charge in [-0.1, -0.05) is 6.08 Å². The van der Waals surface area contributed by atoms with Crippen LogP contribution in [0.25, 0.3) is 0 Å². The Morgan fingerprint density at radius 1 is 1.35 bits per heavy atom. The maximum absolute atomic E-state index is 14.6. The Bertz CT molecular complexity index is 841. The van der Waals surface area contributed by atoms with Crippen LogP contribution in [0.4, 0.5) is 20.6 Å². The van der Waals surface area contributed by atoms with E-state index in [0.29, 0.717) is 24.5 Å². The Morgan fingerprint density at radius 2 is 2.27 bits per heavy atom. The van der Waals surface area contributed by atoms with Crippen molar-refractivity contribution in [1.29, 1.82) is 0 Å². The lowest BCUT2D eigenvalue weighted by Gasteiger charge is -2.18. The lowest BCUT2D eigenvalue weighted by atomic mass is 10.2. The number of aromatic nitrogens is 3. The molecular formula is C17H16FN5O2S. The third kappa shape index (κ3) is 3.43. The molecular weight excluding hydrogens is 357 g/mol. The van der Waals surface area contributed by atoms with Gasteiger partial charge in [0.2, 0.25) is 0 Å². The molecule has 2 aliphatic heterocycles. The SMILES string of the molecule is O=C1O[C@@H](Cn2cncn2)CN1c1ccc(N2C=CCSC=C2)c(F)c1. The molecule has 1 fully saturated rings. The van der Waals surface area contributed by atoms with Crippen molar-refractivity contribution in [1.82, 2.24) is 14.8 Å². The van der Waals surface area contributed by atoms with E-state index in [9.17, 15) is 9.18 Å². The molecule has 1 aromatic carbocycles. The van der Waals surface area contributed by atoms with Crippen LogP contribution in [0.2, 0.25) is 0 Å². The molecule has 0 aliphatic carbocycles. The third-order valence-electron chi connectivity index (χ3n) is 4.03. The van der Waals surface area contributed by atoms with Crippen molar-refractivity contribution >= 4 is 29.2 Å². The number of amides is 1. The number of hydrogen-bond donors (Lipinski definition) is 0. The van der Waals surface area contributed by atoms with Gasteiger partial charge in [-0.15, -0.1) is 11.8 Å². The first kappa shape index (κ1) is 16.6. The fourth-order valence-electron chi connectivity index (χ4n) is 2.82. The summed E-state index contributed by atoms with van der Waals surface area (Å²) in [7, 11) is 0. The van der Waals surface area contributed by atoms with Gasteiger partial charge in [-0.2, -0.15) is 5.10 Å². The lowest BCUT2D eigenvalue weighted by molar-refractivity contribution is 0.129. The summed E-state index contributed by atoms with van der Waals surface area (Å²) in [5.74, 6) is 0.440. The van der Waals surface area contributed by atoms with Gasteiger partial charge in [0.1, 0.15) is 24.6 Å². The predicted octanol–water partition coefficient (Wildman–Crippen LogP) is 2.98. The quantitative estimate of drug-likeness (QED) is 0.821. The van der Waals surface area contributed by atoms with Crippen LogP contribution in [0.1, 0.15) is 0 Å². The molecule has 0 bridgehead atoms. The van der Waals surface area contributed by atoms with Gasteiger partial charge in [0.25, 0.3) is 0 Å². The largest absolute Gasteiger partial charge is 0.442 e. The van der Waals surface area contributed by atoms with E-state index in [1.807, 2.05) is 23.9 Å².